The fourth-order valence-electron chi connectivity index (χ4n) is 2.87. The Bertz CT molecular complexity index is 281. The number of methoxy groups -OCH3 is 1. The van der Waals surface area contributed by atoms with E-state index in [1.165, 1.54) is 0 Å². The summed E-state index contributed by atoms with van der Waals surface area (Å²) in [6.45, 7) is 4.88. The van der Waals surface area contributed by atoms with Gasteiger partial charge in [0, 0.05) is 20.3 Å². The molecule has 2 N–H and O–H groups in total. The maximum atomic E-state index is 12.5. The van der Waals surface area contributed by atoms with Gasteiger partial charge in [0.15, 0.2) is 0 Å². The zero-order valence-electron chi connectivity index (χ0n) is 12.6. The van der Waals surface area contributed by atoms with E-state index in [0.717, 1.165) is 32.1 Å². The first-order valence-electron chi connectivity index (χ1n) is 7.51. The van der Waals surface area contributed by atoms with E-state index < -0.39 is 5.60 Å². The molecule has 1 saturated carbocycles. The van der Waals surface area contributed by atoms with Gasteiger partial charge >= 0.3 is 0 Å². The highest BCUT2D eigenvalue weighted by molar-refractivity contribution is 5.83. The first-order valence-corrected chi connectivity index (χ1v) is 7.51. The zero-order chi connectivity index (χ0) is 14.4. The van der Waals surface area contributed by atoms with Crippen molar-refractivity contribution in [2.75, 3.05) is 20.3 Å². The van der Waals surface area contributed by atoms with E-state index in [-0.39, 0.29) is 11.3 Å². The van der Waals surface area contributed by atoms with Crippen molar-refractivity contribution in [2.24, 2.45) is 5.41 Å². The van der Waals surface area contributed by atoms with Gasteiger partial charge in [-0.3, -0.25) is 4.79 Å². The van der Waals surface area contributed by atoms with Crippen molar-refractivity contribution in [3.8, 4) is 0 Å². The van der Waals surface area contributed by atoms with Crippen LogP contribution < -0.4 is 5.32 Å². The largest absolute Gasteiger partial charge is 0.388 e. The lowest BCUT2D eigenvalue weighted by molar-refractivity contribution is -0.133. The van der Waals surface area contributed by atoms with Gasteiger partial charge in [-0.2, -0.15) is 0 Å². The van der Waals surface area contributed by atoms with Gasteiger partial charge in [-0.1, -0.05) is 26.7 Å². The van der Waals surface area contributed by atoms with Gasteiger partial charge in [-0.15, -0.1) is 0 Å². The molecule has 0 atom stereocenters. The average Bonchev–Trinajstić information content (AvgIpc) is 2.92. The minimum absolute atomic E-state index is 0.0994. The van der Waals surface area contributed by atoms with Crippen LogP contribution in [0.15, 0.2) is 0 Å². The smallest absolute Gasteiger partial charge is 0.226 e. The van der Waals surface area contributed by atoms with Crippen molar-refractivity contribution in [2.45, 2.75) is 64.4 Å². The standard InChI is InChI=1S/C15H29NO3/c1-4-15(18,5-2)12-16-13(17)14(10-11-19-3)8-6-7-9-14/h18H,4-12H2,1-3H3,(H,16,17). The molecule has 0 aromatic carbocycles. The molecule has 1 amide bonds. The Morgan fingerprint density at radius 2 is 1.89 bits per heavy atom. The lowest BCUT2D eigenvalue weighted by Crippen LogP contribution is -2.47. The summed E-state index contributed by atoms with van der Waals surface area (Å²) >= 11 is 0. The Morgan fingerprint density at radius 1 is 1.32 bits per heavy atom. The van der Waals surface area contributed by atoms with Gasteiger partial charge in [0.1, 0.15) is 0 Å². The molecular weight excluding hydrogens is 242 g/mol. The van der Waals surface area contributed by atoms with Crippen LogP contribution >= 0.6 is 0 Å². The van der Waals surface area contributed by atoms with Crippen molar-refractivity contribution in [3.05, 3.63) is 0 Å². The summed E-state index contributed by atoms with van der Waals surface area (Å²) in [5.74, 6) is 0.0994. The highest BCUT2D eigenvalue weighted by Crippen LogP contribution is 2.41. The van der Waals surface area contributed by atoms with Crippen LogP contribution in [-0.4, -0.2) is 36.9 Å². The van der Waals surface area contributed by atoms with E-state index in [4.69, 9.17) is 4.74 Å². The molecule has 112 valence electrons. The number of aliphatic hydroxyl groups is 1. The maximum Gasteiger partial charge on any atom is 0.226 e. The summed E-state index contributed by atoms with van der Waals surface area (Å²) in [5, 5.41) is 13.2. The second kappa shape index (κ2) is 7.25. The third-order valence-electron chi connectivity index (χ3n) is 4.72. The Balaban J connectivity index is 2.58. The first-order chi connectivity index (χ1) is 9.02. The van der Waals surface area contributed by atoms with E-state index in [0.29, 0.717) is 26.0 Å². The number of amides is 1. The summed E-state index contributed by atoms with van der Waals surface area (Å²) in [6.07, 6.45) is 6.22. The zero-order valence-corrected chi connectivity index (χ0v) is 12.6. The maximum absolute atomic E-state index is 12.5. The lowest BCUT2D eigenvalue weighted by Gasteiger charge is -2.31. The molecular formula is C15H29NO3. The number of carbonyl (C=O) groups excluding carboxylic acids is 1. The molecule has 0 aromatic rings. The Kier molecular flexibility index (Phi) is 6.27. The quantitative estimate of drug-likeness (QED) is 0.712. The second-order valence-electron chi connectivity index (χ2n) is 5.84. The molecule has 0 spiro atoms. The molecule has 19 heavy (non-hydrogen) atoms. The number of hydrogen-bond acceptors (Lipinski definition) is 3. The molecule has 0 saturated heterocycles. The van der Waals surface area contributed by atoms with E-state index in [1.54, 1.807) is 7.11 Å². The molecule has 0 radical (unpaired) electrons. The molecule has 1 rings (SSSR count). The van der Waals surface area contributed by atoms with Crippen LogP contribution in [0.2, 0.25) is 0 Å². The van der Waals surface area contributed by atoms with Gasteiger partial charge in [0.05, 0.1) is 11.0 Å². The summed E-state index contributed by atoms with van der Waals surface area (Å²) in [6, 6.07) is 0. The number of nitrogens with one attached hydrogen (secondary N) is 1. The molecule has 4 nitrogen and oxygen atoms in total. The summed E-state index contributed by atoms with van der Waals surface area (Å²) < 4.78 is 5.14. The normalized spacial score (nSPS) is 18.5. The molecule has 0 heterocycles. The molecule has 0 bridgehead atoms. The van der Waals surface area contributed by atoms with E-state index in [2.05, 4.69) is 5.32 Å². The van der Waals surface area contributed by atoms with E-state index >= 15 is 0 Å². The first kappa shape index (κ1) is 16.4. The van der Waals surface area contributed by atoms with E-state index in [1.807, 2.05) is 13.8 Å². The topological polar surface area (TPSA) is 58.6 Å². The van der Waals surface area contributed by atoms with Crippen LogP contribution in [0.3, 0.4) is 0 Å². The Labute approximate surface area is 116 Å². The average molecular weight is 271 g/mol. The summed E-state index contributed by atoms with van der Waals surface area (Å²) in [5.41, 5.74) is -1.03. The predicted molar refractivity (Wildman–Crippen MR) is 75.9 cm³/mol. The van der Waals surface area contributed by atoms with Gasteiger partial charge in [-0.05, 0) is 32.1 Å². The molecule has 1 aliphatic carbocycles. The van der Waals surface area contributed by atoms with Crippen LogP contribution in [0.1, 0.15) is 58.8 Å². The van der Waals surface area contributed by atoms with Crippen molar-refractivity contribution in [1.29, 1.82) is 0 Å². The molecule has 1 aliphatic rings. The Morgan fingerprint density at radius 3 is 2.37 bits per heavy atom. The predicted octanol–water partition coefficient (Wildman–Crippen LogP) is 2.25. The third kappa shape index (κ3) is 4.18. The fourth-order valence-corrected chi connectivity index (χ4v) is 2.87. The number of rotatable bonds is 8. The monoisotopic (exact) mass is 271 g/mol. The van der Waals surface area contributed by atoms with E-state index in [9.17, 15) is 9.90 Å². The van der Waals surface area contributed by atoms with Crippen LogP contribution in [-0.2, 0) is 9.53 Å². The lowest BCUT2D eigenvalue weighted by atomic mass is 9.81. The fraction of sp³-hybridized carbons (Fsp3) is 0.933. The molecule has 1 fully saturated rings. The van der Waals surface area contributed by atoms with Crippen molar-refractivity contribution >= 4 is 5.91 Å². The van der Waals surface area contributed by atoms with Gasteiger partial charge in [0.25, 0.3) is 0 Å². The molecule has 0 aliphatic heterocycles. The number of hydrogen-bond donors (Lipinski definition) is 2. The van der Waals surface area contributed by atoms with Crippen molar-refractivity contribution in [1.82, 2.24) is 5.32 Å². The van der Waals surface area contributed by atoms with Crippen LogP contribution in [0.5, 0.6) is 0 Å². The summed E-state index contributed by atoms with van der Waals surface area (Å²) in [7, 11) is 1.67. The number of ether oxygens (including phenoxy) is 1. The molecule has 4 heteroatoms. The molecule has 0 unspecified atom stereocenters. The van der Waals surface area contributed by atoms with Crippen LogP contribution in [0.25, 0.3) is 0 Å². The highest BCUT2D eigenvalue weighted by Gasteiger charge is 2.41. The van der Waals surface area contributed by atoms with Crippen molar-refractivity contribution in [3.63, 3.8) is 0 Å². The Hall–Kier alpha value is -0.610. The molecule has 0 aromatic heterocycles. The second-order valence-corrected chi connectivity index (χ2v) is 5.84. The highest BCUT2D eigenvalue weighted by atomic mass is 16.5. The minimum atomic E-state index is -0.767. The van der Waals surface area contributed by atoms with Gasteiger partial charge in [0.2, 0.25) is 5.91 Å². The van der Waals surface area contributed by atoms with Gasteiger partial charge < -0.3 is 15.2 Å². The summed E-state index contributed by atoms with van der Waals surface area (Å²) in [4.78, 5) is 12.5. The number of carbonyl (C=O) groups is 1. The van der Waals surface area contributed by atoms with Crippen LogP contribution in [0, 0.1) is 5.41 Å². The SMILES string of the molecule is CCC(O)(CC)CNC(=O)C1(CCOC)CCCC1. The van der Waals surface area contributed by atoms with Gasteiger partial charge in [-0.25, -0.2) is 0 Å². The third-order valence-corrected chi connectivity index (χ3v) is 4.72. The van der Waals surface area contributed by atoms with Crippen molar-refractivity contribution < 1.29 is 14.6 Å². The van der Waals surface area contributed by atoms with Crippen LogP contribution in [0.4, 0.5) is 0 Å². The minimum Gasteiger partial charge on any atom is -0.388 e.